The number of amides is 1. The van der Waals surface area contributed by atoms with Crippen molar-refractivity contribution in [1.82, 2.24) is 5.32 Å². The van der Waals surface area contributed by atoms with Gasteiger partial charge in [-0.1, -0.05) is 43.7 Å². The van der Waals surface area contributed by atoms with Crippen LogP contribution in [-0.2, 0) is 4.79 Å². The molecule has 3 heteroatoms. The number of hydrogen-bond donors (Lipinski definition) is 2. The van der Waals surface area contributed by atoms with Crippen LogP contribution in [0, 0.1) is 12.3 Å². The summed E-state index contributed by atoms with van der Waals surface area (Å²) in [5.41, 5.74) is 8.22. The van der Waals surface area contributed by atoms with Gasteiger partial charge >= 0.3 is 0 Å². The molecule has 17 heavy (non-hydrogen) atoms. The first-order valence-corrected chi connectivity index (χ1v) is 6.03. The lowest BCUT2D eigenvalue weighted by Crippen LogP contribution is -2.36. The van der Waals surface area contributed by atoms with Crippen molar-refractivity contribution in [3.05, 3.63) is 35.4 Å². The van der Waals surface area contributed by atoms with E-state index in [2.05, 4.69) is 19.2 Å². The Bertz CT molecular complexity index is 422. The van der Waals surface area contributed by atoms with Crippen molar-refractivity contribution < 1.29 is 4.79 Å². The predicted octanol–water partition coefficient (Wildman–Crippen LogP) is 1.91. The summed E-state index contributed by atoms with van der Waals surface area (Å²) in [5, 5.41) is 2.99. The zero-order chi connectivity index (χ0) is 12.6. The third-order valence-corrected chi connectivity index (χ3v) is 3.55. The van der Waals surface area contributed by atoms with Crippen molar-refractivity contribution in [1.29, 1.82) is 0 Å². The van der Waals surface area contributed by atoms with Crippen LogP contribution in [0.1, 0.15) is 37.4 Å². The van der Waals surface area contributed by atoms with Crippen molar-refractivity contribution in [3.63, 3.8) is 0 Å². The van der Waals surface area contributed by atoms with Crippen molar-refractivity contribution >= 4 is 5.91 Å². The molecule has 1 fully saturated rings. The minimum Gasteiger partial charge on any atom is -0.351 e. The molecule has 0 radical (unpaired) electrons. The molecule has 1 saturated carbocycles. The molecule has 0 bridgehead atoms. The topological polar surface area (TPSA) is 55.1 Å². The first-order valence-electron chi connectivity index (χ1n) is 6.03. The van der Waals surface area contributed by atoms with Gasteiger partial charge in [0.05, 0.1) is 0 Å². The summed E-state index contributed by atoms with van der Waals surface area (Å²) in [4.78, 5) is 11.9. The predicted molar refractivity (Wildman–Crippen MR) is 68.4 cm³/mol. The van der Waals surface area contributed by atoms with Gasteiger partial charge in [-0.2, -0.15) is 0 Å². The second kappa shape index (κ2) is 4.15. The maximum atomic E-state index is 11.9. The highest BCUT2D eigenvalue weighted by atomic mass is 16.2. The fourth-order valence-electron chi connectivity index (χ4n) is 1.90. The third kappa shape index (κ3) is 2.67. The molecular weight excluding hydrogens is 212 g/mol. The van der Waals surface area contributed by atoms with E-state index in [0.717, 1.165) is 12.0 Å². The van der Waals surface area contributed by atoms with Crippen LogP contribution < -0.4 is 11.1 Å². The fraction of sp³-hybridized carbons (Fsp3) is 0.500. The lowest BCUT2D eigenvalue weighted by molar-refractivity contribution is -0.122. The van der Waals surface area contributed by atoms with Crippen LogP contribution in [0.4, 0.5) is 0 Å². The van der Waals surface area contributed by atoms with Crippen molar-refractivity contribution in [3.8, 4) is 0 Å². The zero-order valence-corrected chi connectivity index (χ0v) is 10.7. The number of carbonyl (C=O) groups is 1. The second-order valence-electron chi connectivity index (χ2n) is 5.64. The molecule has 0 aromatic heterocycles. The Labute approximate surface area is 102 Å². The number of benzene rings is 1. The molecule has 1 aliphatic carbocycles. The van der Waals surface area contributed by atoms with Crippen molar-refractivity contribution in [2.24, 2.45) is 11.1 Å². The second-order valence-corrected chi connectivity index (χ2v) is 5.64. The van der Waals surface area contributed by atoms with E-state index in [9.17, 15) is 4.79 Å². The first-order chi connectivity index (χ1) is 7.90. The molecule has 3 N–H and O–H groups in total. The Morgan fingerprint density at radius 1 is 1.41 bits per heavy atom. The van der Waals surface area contributed by atoms with Crippen LogP contribution in [0.3, 0.4) is 0 Å². The van der Waals surface area contributed by atoms with E-state index in [-0.39, 0.29) is 17.4 Å². The Hall–Kier alpha value is -1.35. The molecule has 0 aliphatic heterocycles. The molecular formula is C14H20N2O. The molecule has 1 amide bonds. The van der Waals surface area contributed by atoms with E-state index in [0.29, 0.717) is 0 Å². The van der Waals surface area contributed by atoms with Gasteiger partial charge in [-0.15, -0.1) is 0 Å². The van der Waals surface area contributed by atoms with Crippen LogP contribution >= 0.6 is 0 Å². The molecule has 3 nitrogen and oxygen atoms in total. The summed E-state index contributed by atoms with van der Waals surface area (Å²) in [7, 11) is 0. The van der Waals surface area contributed by atoms with Crippen LogP contribution in [0.5, 0.6) is 0 Å². The molecule has 0 spiro atoms. The van der Waals surface area contributed by atoms with E-state index in [1.165, 1.54) is 5.56 Å². The van der Waals surface area contributed by atoms with Crippen LogP contribution in [0.25, 0.3) is 0 Å². The van der Waals surface area contributed by atoms with Gasteiger partial charge in [0.25, 0.3) is 0 Å². The number of nitrogens with one attached hydrogen (secondary N) is 1. The van der Waals surface area contributed by atoms with Crippen molar-refractivity contribution in [2.45, 2.75) is 39.3 Å². The molecule has 1 aromatic rings. The highest BCUT2D eigenvalue weighted by molar-refractivity contribution is 5.83. The minimum absolute atomic E-state index is 0.0792. The van der Waals surface area contributed by atoms with E-state index in [1.54, 1.807) is 0 Å². The molecule has 1 aromatic carbocycles. The Balaban J connectivity index is 1.98. The monoisotopic (exact) mass is 232 g/mol. The Morgan fingerprint density at radius 3 is 2.41 bits per heavy atom. The van der Waals surface area contributed by atoms with Gasteiger partial charge in [0.2, 0.25) is 5.91 Å². The Morgan fingerprint density at radius 2 is 1.94 bits per heavy atom. The zero-order valence-electron chi connectivity index (χ0n) is 10.7. The maximum Gasteiger partial charge on any atom is 0.241 e. The number of hydrogen-bond acceptors (Lipinski definition) is 2. The molecule has 0 heterocycles. The van der Waals surface area contributed by atoms with Gasteiger partial charge in [0.15, 0.2) is 0 Å². The lowest BCUT2D eigenvalue weighted by Gasteiger charge is -2.13. The van der Waals surface area contributed by atoms with E-state index < -0.39 is 6.04 Å². The SMILES string of the molecule is Cc1ccc(C(N)C(=O)NC2CC2(C)C)cc1. The number of nitrogens with two attached hydrogens (primary N) is 1. The number of carbonyl (C=O) groups excluding carboxylic acids is 1. The molecule has 0 saturated heterocycles. The van der Waals surface area contributed by atoms with Gasteiger partial charge in [0.1, 0.15) is 6.04 Å². The number of aryl methyl sites for hydroxylation is 1. The van der Waals surface area contributed by atoms with Crippen LogP contribution in [0.15, 0.2) is 24.3 Å². The molecule has 2 unspecified atom stereocenters. The largest absolute Gasteiger partial charge is 0.351 e. The van der Waals surface area contributed by atoms with Gasteiger partial charge in [-0.05, 0) is 24.3 Å². The van der Waals surface area contributed by atoms with E-state index >= 15 is 0 Å². The van der Waals surface area contributed by atoms with Gasteiger partial charge in [-0.3, -0.25) is 4.79 Å². The van der Waals surface area contributed by atoms with Crippen molar-refractivity contribution in [2.75, 3.05) is 0 Å². The van der Waals surface area contributed by atoms with Gasteiger partial charge < -0.3 is 11.1 Å². The lowest BCUT2D eigenvalue weighted by atomic mass is 10.1. The standard InChI is InChI=1S/C14H20N2O/c1-9-4-6-10(7-5-9)12(15)13(17)16-11-8-14(11,2)3/h4-7,11-12H,8,15H2,1-3H3,(H,16,17). The summed E-state index contributed by atoms with van der Waals surface area (Å²) < 4.78 is 0. The summed E-state index contributed by atoms with van der Waals surface area (Å²) in [6.45, 7) is 6.31. The van der Waals surface area contributed by atoms with Crippen LogP contribution in [-0.4, -0.2) is 11.9 Å². The number of rotatable bonds is 3. The average molecular weight is 232 g/mol. The minimum atomic E-state index is -0.563. The summed E-state index contributed by atoms with van der Waals surface area (Å²) in [6, 6.07) is 7.50. The summed E-state index contributed by atoms with van der Waals surface area (Å²) in [5.74, 6) is -0.0792. The van der Waals surface area contributed by atoms with E-state index in [4.69, 9.17) is 5.73 Å². The smallest absolute Gasteiger partial charge is 0.241 e. The Kier molecular flexibility index (Phi) is 2.96. The van der Waals surface area contributed by atoms with Gasteiger partial charge in [0, 0.05) is 6.04 Å². The maximum absolute atomic E-state index is 11.9. The average Bonchev–Trinajstić information content (AvgIpc) is 2.86. The molecule has 2 rings (SSSR count). The third-order valence-electron chi connectivity index (χ3n) is 3.55. The highest BCUT2D eigenvalue weighted by Gasteiger charge is 2.46. The molecule has 2 atom stereocenters. The summed E-state index contributed by atoms with van der Waals surface area (Å²) >= 11 is 0. The van der Waals surface area contributed by atoms with E-state index in [1.807, 2.05) is 31.2 Å². The normalized spacial score (nSPS) is 22.9. The summed E-state index contributed by atoms with van der Waals surface area (Å²) in [6.07, 6.45) is 1.04. The quantitative estimate of drug-likeness (QED) is 0.836. The molecule has 1 aliphatic rings. The van der Waals surface area contributed by atoms with Gasteiger partial charge in [-0.25, -0.2) is 0 Å². The highest BCUT2D eigenvalue weighted by Crippen LogP contribution is 2.44. The first kappa shape index (κ1) is 12.1. The fourth-order valence-corrected chi connectivity index (χ4v) is 1.90. The molecule has 92 valence electrons. The van der Waals surface area contributed by atoms with Crippen LogP contribution in [0.2, 0.25) is 0 Å².